The van der Waals surface area contributed by atoms with Gasteiger partial charge in [-0.15, -0.1) is 0 Å². The van der Waals surface area contributed by atoms with Gasteiger partial charge in [0.15, 0.2) is 0 Å². The van der Waals surface area contributed by atoms with E-state index >= 15 is 0 Å². The summed E-state index contributed by atoms with van der Waals surface area (Å²) in [6, 6.07) is 4.21. The largest absolute Gasteiger partial charge is 0.421 e. The summed E-state index contributed by atoms with van der Waals surface area (Å²) >= 11 is 6.01. The van der Waals surface area contributed by atoms with Crippen LogP contribution in [0.2, 0.25) is 5.02 Å². The Balaban J connectivity index is 1.77. The third-order valence-electron chi connectivity index (χ3n) is 5.50. The van der Waals surface area contributed by atoms with Crippen LogP contribution in [0.3, 0.4) is 0 Å². The molecule has 0 amide bonds. The Morgan fingerprint density at radius 1 is 1.31 bits per heavy atom. The lowest BCUT2D eigenvalue weighted by atomic mass is 10.2. The highest BCUT2D eigenvalue weighted by molar-refractivity contribution is 7.91. The number of H-pyrrole nitrogens is 1. The van der Waals surface area contributed by atoms with Gasteiger partial charge in [0.2, 0.25) is 9.84 Å². The summed E-state index contributed by atoms with van der Waals surface area (Å²) < 4.78 is 48.3. The summed E-state index contributed by atoms with van der Waals surface area (Å²) in [5.41, 5.74) is -2.57. The van der Waals surface area contributed by atoms with E-state index in [0.29, 0.717) is 6.42 Å². The van der Waals surface area contributed by atoms with Crippen LogP contribution in [0.4, 0.5) is 4.39 Å². The first-order valence-corrected chi connectivity index (χ1v) is 11.1. The average molecular weight is 481 g/mol. The van der Waals surface area contributed by atoms with Crippen molar-refractivity contribution in [2.24, 2.45) is 0 Å². The molecular weight excluding hydrogens is 467 g/mol. The van der Waals surface area contributed by atoms with Gasteiger partial charge < -0.3 is 14.9 Å². The molecule has 1 saturated carbocycles. The Kier molecular flexibility index (Phi) is 4.45. The normalized spacial score (nSPS) is 18.5. The predicted molar refractivity (Wildman–Crippen MR) is 111 cm³/mol. The number of aromatic nitrogens is 4. The molecule has 13 heteroatoms. The van der Waals surface area contributed by atoms with Crippen molar-refractivity contribution in [3.05, 3.63) is 62.1 Å². The third kappa shape index (κ3) is 2.87. The lowest BCUT2D eigenvalue weighted by Crippen LogP contribution is -2.33. The van der Waals surface area contributed by atoms with Gasteiger partial charge in [-0.25, -0.2) is 17.6 Å². The summed E-state index contributed by atoms with van der Waals surface area (Å²) in [6.45, 7) is 0. The second kappa shape index (κ2) is 6.89. The lowest BCUT2D eigenvalue weighted by molar-refractivity contribution is 0.162. The number of hydrogen-bond donors (Lipinski definition) is 2. The highest BCUT2D eigenvalue weighted by atomic mass is 35.5. The van der Waals surface area contributed by atoms with Crippen molar-refractivity contribution in [2.45, 2.75) is 28.4 Å². The van der Waals surface area contributed by atoms with Gasteiger partial charge >= 0.3 is 5.69 Å². The maximum Gasteiger partial charge on any atom is 0.362 e. The van der Waals surface area contributed by atoms with E-state index in [4.69, 9.17) is 16.3 Å². The van der Waals surface area contributed by atoms with Crippen molar-refractivity contribution in [1.29, 1.82) is 0 Å². The van der Waals surface area contributed by atoms with Gasteiger partial charge in [-0.05, 0) is 24.3 Å². The standard InChI is InChI=1S/C19H14ClFN4O6S/c1-31-14-6-13(14)24-12-5-8(4-11(21)9(12)7-22-24)32(29,30)15-3-2-10(20)16-17(15)23-19(27)25(28)18(16)26/h2-5,7,13-14,28H,6H2,1H3,(H,23,27)/t13-,14-/m1/s1. The zero-order chi connectivity index (χ0) is 22.9. The molecule has 0 saturated heterocycles. The van der Waals surface area contributed by atoms with Gasteiger partial charge in [-0.3, -0.25) is 9.48 Å². The SMILES string of the molecule is CO[C@@H]1C[C@H]1n1ncc2c(F)cc(S(=O)(=O)c3ccc(Cl)c4c(=O)n(O)c(=O)[nH]c34)cc21. The van der Waals surface area contributed by atoms with E-state index in [-0.39, 0.29) is 32.8 Å². The first-order valence-electron chi connectivity index (χ1n) is 9.26. The fourth-order valence-corrected chi connectivity index (χ4v) is 5.46. The van der Waals surface area contributed by atoms with Crippen molar-refractivity contribution in [3.63, 3.8) is 0 Å². The molecule has 0 unspecified atom stereocenters. The maximum atomic E-state index is 14.8. The molecule has 0 spiro atoms. The van der Waals surface area contributed by atoms with E-state index in [1.54, 1.807) is 7.11 Å². The van der Waals surface area contributed by atoms with Crippen molar-refractivity contribution in [1.82, 2.24) is 19.5 Å². The van der Waals surface area contributed by atoms with Gasteiger partial charge in [0.25, 0.3) is 5.56 Å². The van der Waals surface area contributed by atoms with E-state index in [1.807, 2.05) is 0 Å². The van der Waals surface area contributed by atoms with Crippen LogP contribution in [0.15, 0.2) is 49.8 Å². The molecule has 2 N–H and O–H groups in total. The first kappa shape index (κ1) is 20.7. The smallest absolute Gasteiger partial charge is 0.362 e. The van der Waals surface area contributed by atoms with E-state index in [9.17, 15) is 27.6 Å². The molecule has 4 aromatic rings. The van der Waals surface area contributed by atoms with Crippen LogP contribution in [0.1, 0.15) is 12.5 Å². The van der Waals surface area contributed by atoms with Crippen LogP contribution in [-0.2, 0) is 14.6 Å². The number of ether oxygens (including phenoxy) is 1. The molecule has 0 aliphatic heterocycles. The van der Waals surface area contributed by atoms with Crippen molar-refractivity contribution in [2.75, 3.05) is 7.11 Å². The second-order valence-corrected chi connectivity index (χ2v) is 9.68. The van der Waals surface area contributed by atoms with Crippen molar-refractivity contribution in [3.8, 4) is 0 Å². The summed E-state index contributed by atoms with van der Waals surface area (Å²) in [5.74, 6) is -0.800. The van der Waals surface area contributed by atoms with E-state index in [0.717, 1.165) is 18.2 Å². The number of nitrogens with zero attached hydrogens (tertiary/aromatic N) is 3. The Bertz CT molecular complexity index is 1660. The quantitative estimate of drug-likeness (QED) is 0.425. The molecule has 32 heavy (non-hydrogen) atoms. The molecule has 166 valence electrons. The summed E-state index contributed by atoms with van der Waals surface area (Å²) in [7, 11) is -2.89. The van der Waals surface area contributed by atoms with Gasteiger partial charge in [0, 0.05) is 13.5 Å². The number of hydrogen-bond acceptors (Lipinski definition) is 7. The zero-order valence-corrected chi connectivity index (χ0v) is 17.8. The summed E-state index contributed by atoms with van der Waals surface area (Å²) in [5, 5.41) is 13.3. The van der Waals surface area contributed by atoms with Gasteiger partial charge in [0.1, 0.15) is 5.82 Å². The number of sulfone groups is 1. The monoisotopic (exact) mass is 480 g/mol. The van der Waals surface area contributed by atoms with Crippen LogP contribution in [0.25, 0.3) is 21.8 Å². The van der Waals surface area contributed by atoms with E-state index in [2.05, 4.69) is 10.1 Å². The molecular formula is C19H14ClFN4O6S. The average Bonchev–Trinajstić information content (AvgIpc) is 3.41. The number of methoxy groups -OCH3 is 1. The fraction of sp³-hybridized carbons (Fsp3) is 0.211. The minimum atomic E-state index is -4.43. The number of benzene rings is 2. The molecule has 0 bridgehead atoms. The molecule has 2 aromatic carbocycles. The number of fused-ring (bicyclic) bond motifs is 2. The van der Waals surface area contributed by atoms with Crippen molar-refractivity contribution < 1.29 is 22.8 Å². The second-order valence-electron chi connectivity index (χ2n) is 7.35. The lowest BCUT2D eigenvalue weighted by Gasteiger charge is -2.11. The molecule has 2 atom stereocenters. The third-order valence-corrected chi connectivity index (χ3v) is 7.59. The van der Waals surface area contributed by atoms with Gasteiger partial charge in [0.05, 0.1) is 55.0 Å². The summed E-state index contributed by atoms with van der Waals surface area (Å²) in [6.07, 6.45) is 1.86. The first-order chi connectivity index (χ1) is 15.1. The topological polar surface area (TPSA) is 136 Å². The van der Waals surface area contributed by atoms with Gasteiger partial charge in [-0.2, -0.15) is 5.10 Å². The van der Waals surface area contributed by atoms with Crippen LogP contribution < -0.4 is 11.2 Å². The summed E-state index contributed by atoms with van der Waals surface area (Å²) in [4.78, 5) is 25.5. The highest BCUT2D eigenvalue weighted by Crippen LogP contribution is 2.41. The minimum absolute atomic E-state index is 0.104. The van der Waals surface area contributed by atoms with Crippen LogP contribution in [0, 0.1) is 5.82 Å². The molecule has 5 rings (SSSR count). The Hall–Kier alpha value is -3.22. The Labute approximate surface area is 183 Å². The zero-order valence-electron chi connectivity index (χ0n) is 16.2. The molecule has 2 aromatic heterocycles. The molecule has 10 nitrogen and oxygen atoms in total. The fourth-order valence-electron chi connectivity index (χ4n) is 3.77. The molecule has 2 heterocycles. The van der Waals surface area contributed by atoms with Crippen molar-refractivity contribution >= 4 is 43.2 Å². The van der Waals surface area contributed by atoms with Crippen LogP contribution in [0.5, 0.6) is 0 Å². The minimum Gasteiger partial charge on any atom is -0.421 e. The molecule has 1 fully saturated rings. The number of rotatable bonds is 4. The number of aromatic amines is 1. The maximum absolute atomic E-state index is 14.8. The number of halogens is 2. The van der Waals surface area contributed by atoms with Crippen LogP contribution in [-0.4, -0.2) is 46.3 Å². The molecule has 0 radical (unpaired) electrons. The Morgan fingerprint density at radius 3 is 2.75 bits per heavy atom. The predicted octanol–water partition coefficient (Wildman–Crippen LogP) is 1.86. The van der Waals surface area contributed by atoms with E-state index in [1.165, 1.54) is 16.9 Å². The highest BCUT2D eigenvalue weighted by Gasteiger charge is 2.41. The van der Waals surface area contributed by atoms with Crippen LogP contribution >= 0.6 is 11.6 Å². The number of nitrogens with one attached hydrogen (secondary N) is 1. The van der Waals surface area contributed by atoms with Gasteiger partial charge in [-0.1, -0.05) is 16.3 Å². The molecule has 1 aliphatic rings. The van der Waals surface area contributed by atoms with E-state index < -0.39 is 47.6 Å². The molecule has 1 aliphatic carbocycles. The Morgan fingerprint density at radius 2 is 2.06 bits per heavy atom.